The highest BCUT2D eigenvalue weighted by Gasteiger charge is 2.28. The minimum Gasteiger partial charge on any atom is -0.293 e. The lowest BCUT2D eigenvalue weighted by Crippen LogP contribution is -2.12. The number of fused-ring (bicyclic) bond motifs is 12. The van der Waals surface area contributed by atoms with Crippen LogP contribution in [0.3, 0.4) is 0 Å². The van der Waals surface area contributed by atoms with Crippen molar-refractivity contribution in [2.45, 2.75) is 13.8 Å². The fourth-order valence-corrected chi connectivity index (χ4v) is 15.7. The number of nitrogens with zero attached hydrogens (tertiary/aromatic N) is 6. The van der Waals surface area contributed by atoms with Crippen LogP contribution >= 0.6 is 68.0 Å². The molecule has 5 aromatic carbocycles. The van der Waals surface area contributed by atoms with E-state index in [1.807, 2.05) is 0 Å². The van der Waals surface area contributed by atoms with E-state index < -0.39 is 0 Å². The van der Waals surface area contributed by atoms with E-state index in [9.17, 15) is 0 Å². The van der Waals surface area contributed by atoms with E-state index in [2.05, 4.69) is 286 Å². The predicted molar refractivity (Wildman–Crippen MR) is 318 cm³/mol. The molecule has 7 heterocycles. The van der Waals surface area contributed by atoms with Gasteiger partial charge in [-0.05, 0) is 153 Å². The Morgan fingerprint density at radius 1 is 0.264 bits per heavy atom. The lowest BCUT2D eigenvalue weighted by molar-refractivity contribution is 1.25. The number of benzene rings is 5. The molecule has 11 aromatic rings. The molecule has 6 aromatic heterocycles. The Hall–Kier alpha value is -7.42. The molecule has 0 atom stereocenters. The number of hydrogen-bond acceptors (Lipinski definition) is 12. The van der Waals surface area contributed by atoms with Gasteiger partial charge < -0.3 is 0 Å². The first-order valence-electron chi connectivity index (χ1n) is 23.6. The molecule has 0 amide bonds. The summed E-state index contributed by atoms with van der Waals surface area (Å²) in [5.74, 6) is 0. The Kier molecular flexibility index (Phi) is 12.9. The van der Waals surface area contributed by atoms with Crippen LogP contribution in [0, 0.1) is 0 Å². The molecule has 12 heteroatoms. The maximum absolute atomic E-state index is 2.41. The fourth-order valence-electron chi connectivity index (χ4n) is 8.88. The van der Waals surface area contributed by atoms with Gasteiger partial charge in [-0.25, -0.2) is 0 Å². The van der Waals surface area contributed by atoms with Crippen LogP contribution in [0.25, 0.3) is 0 Å². The van der Waals surface area contributed by atoms with Gasteiger partial charge in [-0.15, -0.1) is 0 Å². The van der Waals surface area contributed by atoms with Crippen molar-refractivity contribution in [3.8, 4) is 0 Å². The molecule has 0 spiro atoms. The number of hydrogen-bond donors (Lipinski definition) is 0. The Labute approximate surface area is 444 Å². The molecule has 0 saturated carbocycles. The number of rotatable bonds is 7. The van der Waals surface area contributed by atoms with Crippen LogP contribution in [0.1, 0.15) is 13.8 Å². The molecule has 352 valence electrons. The van der Waals surface area contributed by atoms with Crippen LogP contribution in [-0.4, -0.2) is 0 Å². The van der Waals surface area contributed by atoms with Gasteiger partial charge in [-0.1, -0.05) is 171 Å². The first-order valence-corrected chi connectivity index (χ1v) is 28.5. The summed E-state index contributed by atoms with van der Waals surface area (Å²) >= 11 is 10.8. The summed E-state index contributed by atoms with van der Waals surface area (Å²) in [4.78, 5) is 14.4. The molecule has 0 fully saturated rings. The van der Waals surface area contributed by atoms with E-state index in [1.165, 1.54) is 0 Å². The Balaban J connectivity index is 1.09. The van der Waals surface area contributed by atoms with Crippen molar-refractivity contribution in [3.63, 3.8) is 0 Å². The zero-order chi connectivity index (χ0) is 48.4. The van der Waals surface area contributed by atoms with Crippen molar-refractivity contribution in [3.05, 3.63) is 248 Å². The molecule has 0 saturated heterocycles. The monoisotopic (exact) mass is 1040 g/mol. The molecule has 0 N–H and O–H groups in total. The van der Waals surface area contributed by atoms with Crippen molar-refractivity contribution in [1.82, 2.24) is 0 Å². The smallest absolute Gasteiger partial charge is 0.103 e. The molecule has 1 aliphatic heterocycles. The molecule has 0 unspecified atom stereocenters. The van der Waals surface area contributed by atoms with Gasteiger partial charge in [-0.2, -0.15) is 0 Å². The standard InChI is InChI=1S/C60H46N6S6/c1-3-20-43(4-2)61-49-31-33-51(67-49)62(44-21-10-5-11-22-44)53-35-37-55(69-53)64(46-25-14-7-15-26-46)57-39-41-59(71-57)66(48-29-18-9-19-30-48)60-42-40-58(72-60)65(47-27-16-8-17-28-47)56-38-36-54(70-56)63(45-23-12-6-13-24-45)52-34-32-50(61)68-52/h3-42H,1-2H3. The van der Waals surface area contributed by atoms with Crippen LogP contribution in [0.4, 0.5) is 88.4 Å². The van der Waals surface area contributed by atoms with E-state index in [4.69, 9.17) is 0 Å². The largest absolute Gasteiger partial charge is 0.293 e. The average Bonchev–Trinajstić information content (AvgIpc) is 4.31. The third-order valence-corrected chi connectivity index (χ3v) is 18.4. The third-order valence-electron chi connectivity index (χ3n) is 12.1. The second-order valence-corrected chi connectivity index (χ2v) is 22.8. The van der Waals surface area contributed by atoms with Gasteiger partial charge >= 0.3 is 0 Å². The van der Waals surface area contributed by atoms with E-state index in [-0.39, 0.29) is 0 Å². The molecule has 1 aliphatic rings. The maximum atomic E-state index is 2.41. The van der Waals surface area contributed by atoms with Crippen LogP contribution < -0.4 is 29.4 Å². The second-order valence-electron chi connectivity index (χ2n) is 16.6. The van der Waals surface area contributed by atoms with Crippen LogP contribution in [0.15, 0.2) is 248 Å². The zero-order valence-electron chi connectivity index (χ0n) is 39.2. The summed E-state index contributed by atoms with van der Waals surface area (Å²) in [6.07, 6.45) is 6.53. The fraction of sp³-hybridized carbons (Fsp3) is 0.0333. The first kappa shape index (κ1) is 45.7. The van der Waals surface area contributed by atoms with Crippen molar-refractivity contribution < 1.29 is 0 Å². The van der Waals surface area contributed by atoms with Crippen molar-refractivity contribution in [2.75, 3.05) is 29.4 Å². The summed E-state index contributed by atoms with van der Waals surface area (Å²) in [5, 5.41) is 13.4. The van der Waals surface area contributed by atoms with Gasteiger partial charge in [0.25, 0.3) is 0 Å². The lowest BCUT2D eigenvalue weighted by atomic mass is 10.3. The maximum Gasteiger partial charge on any atom is 0.103 e. The molecular weight excluding hydrogens is 997 g/mol. The summed E-state index contributed by atoms with van der Waals surface area (Å²) < 4.78 is 0. The Bertz CT molecular complexity index is 3400. The topological polar surface area (TPSA) is 19.4 Å². The number of allylic oxidation sites excluding steroid dienone is 3. The third kappa shape index (κ3) is 8.87. The molecule has 12 rings (SSSR count). The van der Waals surface area contributed by atoms with Gasteiger partial charge in [0.2, 0.25) is 0 Å². The Morgan fingerprint density at radius 3 is 0.653 bits per heavy atom. The summed E-state index contributed by atoms with van der Waals surface area (Å²) in [5.41, 5.74) is 6.60. The molecule has 0 aliphatic carbocycles. The van der Waals surface area contributed by atoms with E-state index >= 15 is 0 Å². The minimum atomic E-state index is 1.10. The van der Waals surface area contributed by atoms with Crippen LogP contribution in [-0.2, 0) is 0 Å². The Morgan fingerprint density at radius 2 is 0.458 bits per heavy atom. The van der Waals surface area contributed by atoms with Gasteiger partial charge in [0.15, 0.2) is 0 Å². The summed E-state index contributed by atoms with van der Waals surface area (Å²) in [6, 6.07) is 81.0. The predicted octanol–water partition coefficient (Wildman–Crippen LogP) is 21.3. The van der Waals surface area contributed by atoms with Gasteiger partial charge in [0.1, 0.15) is 60.0 Å². The van der Waals surface area contributed by atoms with Crippen molar-refractivity contribution >= 4 is 156 Å². The van der Waals surface area contributed by atoms with E-state index in [0.717, 1.165) is 94.1 Å². The zero-order valence-corrected chi connectivity index (χ0v) is 44.1. The SMILES string of the molecule is CC=CC(=CC)N1c2ccc(s2)N(c2ccccc2)c2ccc(s2)N(c2ccccc2)c2ccc(s2)N(c2ccccc2)c2ccc(s2)N(c2ccccc2)c2ccc(s2)N(c2ccccc2)c2ccc1s2. The van der Waals surface area contributed by atoms with Crippen molar-refractivity contribution in [1.29, 1.82) is 0 Å². The molecule has 0 radical (unpaired) electrons. The molecule has 72 heavy (non-hydrogen) atoms. The van der Waals surface area contributed by atoms with E-state index in [1.54, 1.807) is 68.0 Å². The highest BCUT2D eigenvalue weighted by Crippen LogP contribution is 2.55. The number of anilines is 17. The molecule has 12 bridgehead atoms. The highest BCUT2D eigenvalue weighted by atomic mass is 32.1. The van der Waals surface area contributed by atoms with E-state index in [0.29, 0.717) is 0 Å². The lowest BCUT2D eigenvalue weighted by Gasteiger charge is -2.25. The normalized spacial score (nSPS) is 13.3. The van der Waals surface area contributed by atoms with Crippen LogP contribution in [0.5, 0.6) is 0 Å². The molecular formula is C60H46N6S6. The quantitative estimate of drug-likeness (QED) is 0.147. The van der Waals surface area contributed by atoms with Crippen molar-refractivity contribution in [2.24, 2.45) is 0 Å². The van der Waals surface area contributed by atoms with Gasteiger partial charge in [-0.3, -0.25) is 29.4 Å². The minimum absolute atomic E-state index is 1.10. The van der Waals surface area contributed by atoms with Crippen LogP contribution in [0.2, 0.25) is 0 Å². The average molecular weight is 1040 g/mol. The molecule has 6 nitrogen and oxygen atoms in total. The number of para-hydroxylation sites is 5. The van der Waals surface area contributed by atoms with Gasteiger partial charge in [0.05, 0.1) is 0 Å². The number of thiophene rings is 6. The summed E-state index contributed by atoms with van der Waals surface area (Å²) in [7, 11) is 0. The summed E-state index contributed by atoms with van der Waals surface area (Å²) in [6.45, 7) is 4.21. The second kappa shape index (κ2) is 20.4. The van der Waals surface area contributed by atoms with Gasteiger partial charge in [0, 0.05) is 34.1 Å². The first-order chi connectivity index (χ1) is 35.6. The highest BCUT2D eigenvalue weighted by molar-refractivity contribution is 7.25.